The summed E-state index contributed by atoms with van der Waals surface area (Å²) in [6.45, 7) is 0. The molecule has 6 heteroatoms. The zero-order chi connectivity index (χ0) is 16.5. The highest BCUT2D eigenvalue weighted by molar-refractivity contribution is 6.01. The van der Waals surface area contributed by atoms with Crippen LogP contribution in [0, 0.1) is 5.82 Å². The zero-order valence-corrected chi connectivity index (χ0v) is 12.5. The highest BCUT2D eigenvalue weighted by Gasteiger charge is 2.12. The van der Waals surface area contributed by atoms with Crippen molar-refractivity contribution >= 4 is 16.7 Å². The van der Waals surface area contributed by atoms with Gasteiger partial charge < -0.3 is 5.73 Å². The number of halogens is 1. The summed E-state index contributed by atoms with van der Waals surface area (Å²) in [5, 5.41) is 0.703. The van der Waals surface area contributed by atoms with E-state index in [0.29, 0.717) is 22.5 Å². The van der Waals surface area contributed by atoms with Gasteiger partial charge in [-0.25, -0.2) is 14.4 Å². The fourth-order valence-electron chi connectivity index (χ4n) is 2.59. The van der Waals surface area contributed by atoms with Crippen molar-refractivity contribution in [1.82, 2.24) is 19.9 Å². The van der Waals surface area contributed by atoms with Crippen molar-refractivity contribution in [2.24, 2.45) is 0 Å². The molecule has 3 aromatic heterocycles. The number of anilines is 1. The number of aromatic nitrogens is 4. The smallest absolute Gasteiger partial charge is 0.162 e. The van der Waals surface area contributed by atoms with Gasteiger partial charge in [-0.2, -0.15) is 0 Å². The van der Waals surface area contributed by atoms with Crippen LogP contribution < -0.4 is 5.73 Å². The van der Waals surface area contributed by atoms with Crippen molar-refractivity contribution in [2.45, 2.75) is 0 Å². The number of benzene rings is 1. The molecule has 5 nitrogen and oxygen atoms in total. The lowest BCUT2D eigenvalue weighted by molar-refractivity contribution is 0.628. The van der Waals surface area contributed by atoms with Crippen molar-refractivity contribution in [2.75, 3.05) is 5.73 Å². The van der Waals surface area contributed by atoms with Gasteiger partial charge in [-0.1, -0.05) is 12.1 Å². The second kappa shape index (κ2) is 5.66. The first kappa shape index (κ1) is 14.2. The molecule has 116 valence electrons. The summed E-state index contributed by atoms with van der Waals surface area (Å²) in [5.74, 6) is 0.574. The monoisotopic (exact) mass is 317 g/mol. The first-order valence-electron chi connectivity index (χ1n) is 7.30. The Labute approximate surface area is 137 Å². The molecule has 0 unspecified atom stereocenters. The van der Waals surface area contributed by atoms with Crippen LogP contribution in [-0.2, 0) is 0 Å². The van der Waals surface area contributed by atoms with E-state index in [-0.39, 0.29) is 5.82 Å². The van der Waals surface area contributed by atoms with E-state index in [1.165, 1.54) is 12.1 Å². The van der Waals surface area contributed by atoms with Crippen molar-refractivity contribution < 1.29 is 4.39 Å². The number of fused-ring (bicyclic) bond motifs is 1. The summed E-state index contributed by atoms with van der Waals surface area (Å²) in [6, 6.07) is 9.80. The molecule has 24 heavy (non-hydrogen) atoms. The molecule has 0 amide bonds. The molecule has 1 aromatic carbocycles. The van der Waals surface area contributed by atoms with Crippen LogP contribution in [0.2, 0.25) is 0 Å². The quantitative estimate of drug-likeness (QED) is 0.612. The van der Waals surface area contributed by atoms with E-state index in [0.717, 1.165) is 16.7 Å². The third-order valence-electron chi connectivity index (χ3n) is 3.73. The van der Waals surface area contributed by atoms with Gasteiger partial charge in [-0.15, -0.1) is 0 Å². The van der Waals surface area contributed by atoms with Crippen molar-refractivity contribution in [3.8, 4) is 22.5 Å². The maximum absolute atomic E-state index is 13.2. The van der Waals surface area contributed by atoms with E-state index in [2.05, 4.69) is 19.9 Å². The minimum Gasteiger partial charge on any atom is -0.383 e. The fraction of sp³-hybridized carbons (Fsp3) is 0. The van der Waals surface area contributed by atoms with Gasteiger partial charge >= 0.3 is 0 Å². The van der Waals surface area contributed by atoms with E-state index in [1.54, 1.807) is 36.9 Å². The van der Waals surface area contributed by atoms with Gasteiger partial charge in [0.05, 0.1) is 17.1 Å². The second-order valence-corrected chi connectivity index (χ2v) is 5.26. The third-order valence-corrected chi connectivity index (χ3v) is 3.73. The van der Waals surface area contributed by atoms with Gasteiger partial charge in [0.2, 0.25) is 0 Å². The minimum absolute atomic E-state index is 0.295. The predicted molar refractivity (Wildman–Crippen MR) is 90.4 cm³/mol. The lowest BCUT2D eigenvalue weighted by atomic mass is 10.0. The molecule has 0 aliphatic rings. The molecule has 2 N–H and O–H groups in total. The summed E-state index contributed by atoms with van der Waals surface area (Å²) >= 11 is 0. The maximum atomic E-state index is 13.2. The van der Waals surface area contributed by atoms with Crippen LogP contribution in [0.15, 0.2) is 61.2 Å². The van der Waals surface area contributed by atoms with Crippen molar-refractivity contribution in [3.05, 3.63) is 67.0 Å². The number of pyridine rings is 2. The van der Waals surface area contributed by atoms with Crippen LogP contribution >= 0.6 is 0 Å². The molecule has 0 aliphatic heterocycles. The fourth-order valence-corrected chi connectivity index (χ4v) is 2.59. The van der Waals surface area contributed by atoms with Gasteiger partial charge in [0.1, 0.15) is 11.6 Å². The predicted octanol–water partition coefficient (Wildman–Crippen LogP) is 3.48. The molecule has 0 aliphatic carbocycles. The molecule has 4 aromatic rings. The lowest BCUT2D eigenvalue weighted by Crippen LogP contribution is -2.00. The number of nitrogen functional groups attached to an aromatic ring is 1. The molecular weight excluding hydrogens is 305 g/mol. The molecule has 4 rings (SSSR count). The molecule has 0 spiro atoms. The molecule has 0 fully saturated rings. The molecule has 3 heterocycles. The van der Waals surface area contributed by atoms with Crippen molar-refractivity contribution in [3.63, 3.8) is 0 Å². The van der Waals surface area contributed by atoms with Crippen molar-refractivity contribution in [1.29, 1.82) is 0 Å². The SMILES string of the molecule is Nc1nc(-c2ccncc2)nc2cncc(-c3ccc(F)cc3)c12. The van der Waals surface area contributed by atoms with E-state index < -0.39 is 0 Å². The number of rotatable bonds is 2. The Kier molecular flexibility index (Phi) is 3.35. The maximum Gasteiger partial charge on any atom is 0.162 e. The van der Waals surface area contributed by atoms with Crippen LogP contribution in [0.3, 0.4) is 0 Å². The van der Waals surface area contributed by atoms with E-state index >= 15 is 0 Å². The summed E-state index contributed by atoms with van der Waals surface area (Å²) in [7, 11) is 0. The Hall–Kier alpha value is -3.41. The minimum atomic E-state index is -0.295. The molecule has 0 saturated heterocycles. The first-order chi connectivity index (χ1) is 11.7. The highest BCUT2D eigenvalue weighted by atomic mass is 19.1. The number of nitrogens with two attached hydrogens (primary N) is 1. The molecule has 0 atom stereocenters. The van der Waals surface area contributed by atoms with Gasteiger partial charge in [0.15, 0.2) is 5.82 Å². The van der Waals surface area contributed by atoms with Crippen LogP contribution in [0.5, 0.6) is 0 Å². The largest absolute Gasteiger partial charge is 0.383 e. The first-order valence-corrected chi connectivity index (χ1v) is 7.30. The average molecular weight is 317 g/mol. The van der Waals surface area contributed by atoms with E-state index in [1.807, 2.05) is 12.1 Å². The summed E-state index contributed by atoms with van der Waals surface area (Å²) in [4.78, 5) is 17.2. The number of hydrogen-bond donors (Lipinski definition) is 1. The molecule has 0 saturated carbocycles. The van der Waals surface area contributed by atoms with Gasteiger partial charge in [0, 0.05) is 29.7 Å². The Morgan fingerprint density at radius 3 is 2.29 bits per heavy atom. The summed E-state index contributed by atoms with van der Waals surface area (Å²) in [6.07, 6.45) is 6.67. The van der Waals surface area contributed by atoms with Crippen LogP contribution in [0.25, 0.3) is 33.4 Å². The Balaban J connectivity index is 1.94. The van der Waals surface area contributed by atoms with Gasteiger partial charge in [-0.3, -0.25) is 9.97 Å². The van der Waals surface area contributed by atoms with E-state index in [9.17, 15) is 4.39 Å². The Morgan fingerprint density at radius 2 is 1.54 bits per heavy atom. The number of nitrogens with zero attached hydrogens (tertiary/aromatic N) is 4. The second-order valence-electron chi connectivity index (χ2n) is 5.26. The standard InChI is InChI=1S/C18H12FN5/c19-13-3-1-11(2-4-13)14-9-22-10-15-16(14)17(20)24-18(23-15)12-5-7-21-8-6-12/h1-10H,(H2,20,23,24). The zero-order valence-electron chi connectivity index (χ0n) is 12.5. The molecule has 0 radical (unpaired) electrons. The highest BCUT2D eigenvalue weighted by Crippen LogP contribution is 2.31. The van der Waals surface area contributed by atoms with Crippen LogP contribution in [0.4, 0.5) is 10.2 Å². The summed E-state index contributed by atoms with van der Waals surface area (Å²) in [5.41, 5.74) is 9.23. The topological polar surface area (TPSA) is 77.6 Å². The van der Waals surface area contributed by atoms with E-state index in [4.69, 9.17) is 5.73 Å². The average Bonchev–Trinajstić information content (AvgIpc) is 2.62. The molecule has 0 bridgehead atoms. The normalized spacial score (nSPS) is 10.9. The lowest BCUT2D eigenvalue weighted by Gasteiger charge is -2.10. The van der Waals surface area contributed by atoms with Gasteiger partial charge in [0.25, 0.3) is 0 Å². The molecular formula is C18H12FN5. The number of hydrogen-bond acceptors (Lipinski definition) is 5. The van der Waals surface area contributed by atoms with Crippen LogP contribution in [0.1, 0.15) is 0 Å². The third kappa shape index (κ3) is 2.44. The van der Waals surface area contributed by atoms with Gasteiger partial charge in [-0.05, 0) is 29.8 Å². The van der Waals surface area contributed by atoms with Crippen LogP contribution in [-0.4, -0.2) is 19.9 Å². The Morgan fingerprint density at radius 1 is 0.792 bits per heavy atom. The summed E-state index contributed by atoms with van der Waals surface area (Å²) < 4.78 is 13.2. The Bertz CT molecular complexity index is 1020.